The van der Waals surface area contributed by atoms with Gasteiger partial charge in [-0.2, -0.15) is 5.10 Å². The molecule has 6 nitrogen and oxygen atoms in total. The molecule has 3 N–H and O–H groups in total. The minimum absolute atomic E-state index is 0.0379. The van der Waals surface area contributed by atoms with Crippen molar-refractivity contribution < 1.29 is 19.6 Å². The molecule has 0 spiro atoms. The first-order chi connectivity index (χ1) is 6.13. The number of hydrogen-bond acceptors (Lipinski definition) is 5. The number of esters is 1. The standard InChI is InChI=1S/C6H9BN2O4/c1-13-6(10)3-4-2-5(7(11)12)9-8-4/h2,11-12H,3H2,1H3,(H,8,9). The predicted molar refractivity (Wildman–Crippen MR) is 44.1 cm³/mol. The van der Waals surface area contributed by atoms with Crippen molar-refractivity contribution in [2.75, 3.05) is 7.11 Å². The third-order valence-corrected chi connectivity index (χ3v) is 1.48. The summed E-state index contributed by atoms with van der Waals surface area (Å²) in [6, 6.07) is 1.39. The van der Waals surface area contributed by atoms with E-state index in [-0.39, 0.29) is 12.0 Å². The van der Waals surface area contributed by atoms with Crippen LogP contribution in [0, 0.1) is 0 Å². The Balaban J connectivity index is 2.64. The second-order valence-electron chi connectivity index (χ2n) is 2.44. The molecule has 0 fully saturated rings. The fraction of sp³-hybridized carbons (Fsp3) is 0.333. The van der Waals surface area contributed by atoms with Gasteiger partial charge in [-0.15, -0.1) is 0 Å². The van der Waals surface area contributed by atoms with Gasteiger partial charge in [0.25, 0.3) is 0 Å². The Kier molecular flexibility index (Phi) is 3.05. The van der Waals surface area contributed by atoms with E-state index in [1.165, 1.54) is 13.2 Å². The second-order valence-corrected chi connectivity index (χ2v) is 2.44. The zero-order chi connectivity index (χ0) is 9.84. The Hall–Kier alpha value is -1.34. The van der Waals surface area contributed by atoms with Crippen molar-refractivity contribution in [3.8, 4) is 0 Å². The third kappa shape index (κ3) is 2.57. The Bertz CT molecular complexity index is 299. The summed E-state index contributed by atoms with van der Waals surface area (Å²) in [5, 5.41) is 23.4. The van der Waals surface area contributed by atoms with Crippen molar-refractivity contribution in [2.45, 2.75) is 6.42 Å². The highest BCUT2D eigenvalue weighted by atomic mass is 16.5. The van der Waals surface area contributed by atoms with Crippen LogP contribution in [0.1, 0.15) is 5.69 Å². The fourth-order valence-corrected chi connectivity index (χ4v) is 0.830. The summed E-state index contributed by atoms with van der Waals surface area (Å²) in [4.78, 5) is 10.8. The molecule has 1 aromatic rings. The Morgan fingerprint density at radius 3 is 2.92 bits per heavy atom. The maximum Gasteiger partial charge on any atom is 0.510 e. The number of aromatic amines is 1. The molecule has 13 heavy (non-hydrogen) atoms. The Labute approximate surface area is 74.7 Å². The molecule has 0 aliphatic heterocycles. The maximum absolute atomic E-state index is 10.8. The SMILES string of the molecule is COC(=O)Cc1cc(B(O)O)n[nH]1. The summed E-state index contributed by atoms with van der Waals surface area (Å²) in [7, 11) is -0.344. The second kappa shape index (κ2) is 4.06. The molecule has 70 valence electrons. The van der Waals surface area contributed by atoms with Crippen LogP contribution < -0.4 is 5.59 Å². The van der Waals surface area contributed by atoms with Crippen LogP contribution >= 0.6 is 0 Å². The highest BCUT2D eigenvalue weighted by Crippen LogP contribution is 1.93. The van der Waals surface area contributed by atoms with Crippen LogP contribution in [0.2, 0.25) is 0 Å². The van der Waals surface area contributed by atoms with Gasteiger partial charge in [0.15, 0.2) is 0 Å². The van der Waals surface area contributed by atoms with Gasteiger partial charge in [-0.25, -0.2) is 0 Å². The molecule has 0 aliphatic rings. The van der Waals surface area contributed by atoms with Crippen molar-refractivity contribution in [3.63, 3.8) is 0 Å². The lowest BCUT2D eigenvalue weighted by atomic mass is 9.86. The molecule has 0 bridgehead atoms. The zero-order valence-corrected chi connectivity index (χ0v) is 7.02. The molecule has 7 heteroatoms. The van der Waals surface area contributed by atoms with Crippen molar-refractivity contribution in [2.24, 2.45) is 0 Å². The van der Waals surface area contributed by atoms with Crippen molar-refractivity contribution >= 4 is 18.7 Å². The highest BCUT2D eigenvalue weighted by molar-refractivity contribution is 6.57. The van der Waals surface area contributed by atoms with E-state index in [1.807, 2.05) is 0 Å². The van der Waals surface area contributed by atoms with Gasteiger partial charge >= 0.3 is 13.1 Å². The summed E-state index contributed by atoms with van der Waals surface area (Å²) < 4.78 is 4.41. The van der Waals surface area contributed by atoms with E-state index in [9.17, 15) is 4.79 Å². The van der Waals surface area contributed by atoms with Gasteiger partial charge < -0.3 is 14.8 Å². The number of H-pyrrole nitrogens is 1. The number of rotatable bonds is 3. The number of nitrogens with zero attached hydrogens (tertiary/aromatic N) is 1. The number of nitrogens with one attached hydrogen (secondary N) is 1. The average Bonchev–Trinajstić information content (AvgIpc) is 2.52. The van der Waals surface area contributed by atoms with E-state index in [2.05, 4.69) is 14.9 Å². The molecule has 1 rings (SSSR count). The first kappa shape index (κ1) is 9.75. The van der Waals surface area contributed by atoms with Gasteiger partial charge in [0, 0.05) is 5.69 Å². The van der Waals surface area contributed by atoms with Gasteiger partial charge in [0.05, 0.1) is 19.1 Å². The summed E-state index contributed by atoms with van der Waals surface area (Å²) in [5.41, 5.74) is 0.564. The topological polar surface area (TPSA) is 95.4 Å². The quantitative estimate of drug-likeness (QED) is 0.366. The minimum Gasteiger partial charge on any atom is -0.469 e. The molecule has 0 amide bonds. The Morgan fingerprint density at radius 2 is 2.46 bits per heavy atom. The molecule has 0 aromatic carbocycles. The maximum atomic E-state index is 10.8. The number of carbonyl (C=O) groups is 1. The van der Waals surface area contributed by atoms with Gasteiger partial charge in [0.1, 0.15) is 0 Å². The number of methoxy groups -OCH3 is 1. The van der Waals surface area contributed by atoms with E-state index in [4.69, 9.17) is 10.0 Å². The van der Waals surface area contributed by atoms with Crippen LogP contribution in [0.5, 0.6) is 0 Å². The molecular formula is C6H9BN2O4. The lowest BCUT2D eigenvalue weighted by molar-refractivity contribution is -0.139. The molecule has 0 aliphatic carbocycles. The van der Waals surface area contributed by atoms with Gasteiger partial charge in [-0.05, 0) is 6.07 Å². The number of ether oxygens (including phenoxy) is 1. The molecule has 0 atom stereocenters. The summed E-state index contributed by atoms with van der Waals surface area (Å²) in [6.45, 7) is 0. The first-order valence-electron chi connectivity index (χ1n) is 3.60. The van der Waals surface area contributed by atoms with E-state index < -0.39 is 13.1 Å². The molecule has 1 aromatic heterocycles. The number of carbonyl (C=O) groups excluding carboxylic acids is 1. The molecular weight excluding hydrogens is 175 g/mol. The summed E-state index contributed by atoms with van der Waals surface area (Å²) in [5.74, 6) is -0.414. The van der Waals surface area contributed by atoms with Crippen molar-refractivity contribution in [1.82, 2.24) is 10.2 Å². The molecule has 1 heterocycles. The van der Waals surface area contributed by atoms with Crippen molar-refractivity contribution in [1.29, 1.82) is 0 Å². The normalized spacial score (nSPS) is 9.77. The molecule has 0 saturated carbocycles. The van der Waals surface area contributed by atoms with Crippen LogP contribution in [-0.4, -0.2) is 40.4 Å². The highest BCUT2D eigenvalue weighted by Gasteiger charge is 2.16. The van der Waals surface area contributed by atoms with Crippen molar-refractivity contribution in [3.05, 3.63) is 11.8 Å². The zero-order valence-electron chi connectivity index (χ0n) is 7.02. The summed E-state index contributed by atoms with van der Waals surface area (Å²) >= 11 is 0. The monoisotopic (exact) mass is 184 g/mol. The predicted octanol–water partition coefficient (Wildman–Crippen LogP) is -2.19. The first-order valence-corrected chi connectivity index (χ1v) is 3.60. The largest absolute Gasteiger partial charge is 0.510 e. The van der Waals surface area contributed by atoms with E-state index >= 15 is 0 Å². The average molecular weight is 184 g/mol. The summed E-state index contributed by atoms with van der Waals surface area (Å²) in [6.07, 6.45) is 0.0379. The Morgan fingerprint density at radius 1 is 1.77 bits per heavy atom. The number of aromatic nitrogens is 2. The van der Waals surface area contributed by atoms with E-state index in [0.717, 1.165) is 0 Å². The van der Waals surface area contributed by atoms with E-state index in [1.54, 1.807) is 0 Å². The smallest absolute Gasteiger partial charge is 0.469 e. The number of hydrogen-bond donors (Lipinski definition) is 3. The third-order valence-electron chi connectivity index (χ3n) is 1.48. The lowest BCUT2D eigenvalue weighted by Gasteiger charge is -1.93. The van der Waals surface area contributed by atoms with Gasteiger partial charge in [-0.1, -0.05) is 0 Å². The fourth-order valence-electron chi connectivity index (χ4n) is 0.830. The van der Waals surface area contributed by atoms with Gasteiger partial charge in [0.2, 0.25) is 0 Å². The lowest BCUT2D eigenvalue weighted by Crippen LogP contribution is -2.30. The van der Waals surface area contributed by atoms with Crippen LogP contribution in [0.4, 0.5) is 0 Å². The minimum atomic E-state index is -1.62. The van der Waals surface area contributed by atoms with Crippen LogP contribution in [0.3, 0.4) is 0 Å². The van der Waals surface area contributed by atoms with Crippen LogP contribution in [-0.2, 0) is 16.0 Å². The molecule has 0 radical (unpaired) electrons. The van der Waals surface area contributed by atoms with E-state index in [0.29, 0.717) is 5.69 Å². The van der Waals surface area contributed by atoms with Crippen LogP contribution in [0.15, 0.2) is 6.07 Å². The molecule has 0 saturated heterocycles. The van der Waals surface area contributed by atoms with Gasteiger partial charge in [-0.3, -0.25) is 9.89 Å². The molecule has 0 unspecified atom stereocenters. The van der Waals surface area contributed by atoms with Crippen LogP contribution in [0.25, 0.3) is 0 Å².